The molecule has 0 heterocycles. The van der Waals surface area contributed by atoms with E-state index in [0.717, 1.165) is 11.6 Å². The maximum Gasteiger partial charge on any atom is 0.331 e. The molecule has 2 aromatic carbocycles. The Morgan fingerprint density at radius 2 is 1.92 bits per heavy atom. The second kappa shape index (κ2) is 8.57. The summed E-state index contributed by atoms with van der Waals surface area (Å²) in [6, 6.07) is 13.1. The zero-order valence-corrected chi connectivity index (χ0v) is 14.3. The molecule has 0 unspecified atom stereocenters. The predicted molar refractivity (Wildman–Crippen MR) is 97.5 cm³/mol. The number of esters is 1. The number of nitro groups is 1. The number of non-ortho nitro benzene ring substituents is 1. The summed E-state index contributed by atoms with van der Waals surface area (Å²) < 4.78 is 5.05. The first-order valence-corrected chi connectivity index (χ1v) is 7.86. The average molecular weight is 354 g/mol. The molecule has 7 nitrogen and oxygen atoms in total. The van der Waals surface area contributed by atoms with Gasteiger partial charge in [-0.3, -0.25) is 14.9 Å². The van der Waals surface area contributed by atoms with Gasteiger partial charge in [-0.05, 0) is 37.1 Å². The Morgan fingerprint density at radius 1 is 1.19 bits per heavy atom. The highest BCUT2D eigenvalue weighted by molar-refractivity contribution is 5.97. The molecular weight excluding hydrogens is 336 g/mol. The molecule has 0 fully saturated rings. The predicted octanol–water partition coefficient (Wildman–Crippen LogP) is 3.49. The van der Waals surface area contributed by atoms with Crippen molar-refractivity contribution in [3.05, 3.63) is 75.8 Å². The second-order valence-corrected chi connectivity index (χ2v) is 5.57. The zero-order valence-electron chi connectivity index (χ0n) is 14.3. The van der Waals surface area contributed by atoms with Gasteiger partial charge in [0, 0.05) is 23.9 Å². The third-order valence-electron chi connectivity index (χ3n) is 3.56. The van der Waals surface area contributed by atoms with Gasteiger partial charge in [0.15, 0.2) is 6.10 Å². The fourth-order valence-electron chi connectivity index (χ4n) is 2.12. The van der Waals surface area contributed by atoms with Crippen molar-refractivity contribution in [1.29, 1.82) is 0 Å². The summed E-state index contributed by atoms with van der Waals surface area (Å²) in [5, 5.41) is 13.4. The Kier molecular flexibility index (Phi) is 6.21. The molecule has 0 saturated carbocycles. The monoisotopic (exact) mass is 354 g/mol. The summed E-state index contributed by atoms with van der Waals surface area (Å²) >= 11 is 0. The fourth-order valence-corrected chi connectivity index (χ4v) is 2.12. The van der Waals surface area contributed by atoms with E-state index in [1.807, 2.05) is 19.1 Å². The highest BCUT2D eigenvalue weighted by atomic mass is 16.6. The molecule has 0 bridgehead atoms. The summed E-state index contributed by atoms with van der Waals surface area (Å²) in [6.07, 6.45) is 1.52. The van der Waals surface area contributed by atoms with Crippen LogP contribution in [0, 0.1) is 17.0 Å². The fraction of sp³-hybridized carbons (Fsp3) is 0.158. The normalized spacial score (nSPS) is 11.8. The molecule has 0 aliphatic carbocycles. The summed E-state index contributed by atoms with van der Waals surface area (Å²) in [5.74, 6) is -1.17. The summed E-state index contributed by atoms with van der Waals surface area (Å²) in [4.78, 5) is 34.2. The number of rotatable bonds is 6. The summed E-state index contributed by atoms with van der Waals surface area (Å²) in [6.45, 7) is 3.32. The number of nitrogens with one attached hydrogen (secondary N) is 1. The van der Waals surface area contributed by atoms with Crippen LogP contribution in [-0.2, 0) is 14.3 Å². The van der Waals surface area contributed by atoms with Crippen molar-refractivity contribution in [2.75, 3.05) is 5.32 Å². The van der Waals surface area contributed by atoms with Crippen molar-refractivity contribution in [3.63, 3.8) is 0 Å². The average Bonchev–Trinajstić information content (AvgIpc) is 2.62. The van der Waals surface area contributed by atoms with Crippen LogP contribution < -0.4 is 5.32 Å². The van der Waals surface area contributed by atoms with E-state index < -0.39 is 22.9 Å². The molecule has 2 aromatic rings. The van der Waals surface area contributed by atoms with Gasteiger partial charge in [0.05, 0.1) is 4.92 Å². The number of benzene rings is 2. The van der Waals surface area contributed by atoms with Crippen molar-refractivity contribution in [2.45, 2.75) is 20.0 Å². The van der Waals surface area contributed by atoms with Gasteiger partial charge in [-0.1, -0.05) is 30.3 Å². The number of para-hydroxylation sites is 1. The highest BCUT2D eigenvalue weighted by Gasteiger charge is 2.17. The molecule has 0 saturated heterocycles. The first kappa shape index (κ1) is 18.9. The lowest BCUT2D eigenvalue weighted by Gasteiger charge is -2.13. The molecule has 1 amide bonds. The lowest BCUT2D eigenvalue weighted by molar-refractivity contribution is -0.384. The minimum absolute atomic E-state index is 0.0773. The van der Waals surface area contributed by atoms with Crippen LogP contribution in [0.5, 0.6) is 0 Å². The van der Waals surface area contributed by atoms with Gasteiger partial charge < -0.3 is 10.1 Å². The van der Waals surface area contributed by atoms with Crippen LogP contribution in [0.1, 0.15) is 18.1 Å². The first-order valence-electron chi connectivity index (χ1n) is 7.86. The number of amides is 1. The number of nitro benzene ring substituents is 1. The number of ether oxygens (including phenoxy) is 1. The molecule has 7 heteroatoms. The molecule has 0 spiro atoms. The number of nitrogens with zero attached hydrogens (tertiary/aromatic N) is 1. The smallest absolute Gasteiger partial charge is 0.331 e. The maximum absolute atomic E-state index is 12.1. The molecule has 26 heavy (non-hydrogen) atoms. The van der Waals surface area contributed by atoms with E-state index in [0.29, 0.717) is 11.3 Å². The van der Waals surface area contributed by atoms with Crippen LogP contribution >= 0.6 is 0 Å². The standard InChI is InChI=1S/C19H18N2O5/c1-13-6-3-4-9-17(13)20-19(23)14(2)26-18(22)11-10-15-7-5-8-16(12-15)21(24)25/h3-12,14H,1-2H3,(H,20,23)/b11-10+/t14-/m1/s1. The van der Waals surface area contributed by atoms with E-state index in [2.05, 4.69) is 5.32 Å². The van der Waals surface area contributed by atoms with Crippen LogP contribution in [0.4, 0.5) is 11.4 Å². The minimum atomic E-state index is -0.989. The summed E-state index contributed by atoms with van der Waals surface area (Å²) in [7, 11) is 0. The van der Waals surface area contributed by atoms with Gasteiger partial charge >= 0.3 is 5.97 Å². The lowest BCUT2D eigenvalue weighted by atomic mass is 10.2. The molecule has 0 aromatic heterocycles. The van der Waals surface area contributed by atoms with E-state index in [1.165, 1.54) is 31.2 Å². The largest absolute Gasteiger partial charge is 0.449 e. The molecule has 1 N–H and O–H groups in total. The van der Waals surface area contributed by atoms with Gasteiger partial charge in [0.25, 0.3) is 11.6 Å². The number of anilines is 1. The van der Waals surface area contributed by atoms with Gasteiger partial charge in [0.1, 0.15) is 0 Å². The van der Waals surface area contributed by atoms with Gasteiger partial charge in [0.2, 0.25) is 0 Å². The zero-order chi connectivity index (χ0) is 19.1. The quantitative estimate of drug-likeness (QED) is 0.370. The van der Waals surface area contributed by atoms with Crippen LogP contribution in [0.15, 0.2) is 54.6 Å². The van der Waals surface area contributed by atoms with E-state index >= 15 is 0 Å². The van der Waals surface area contributed by atoms with Crippen LogP contribution in [0.2, 0.25) is 0 Å². The van der Waals surface area contributed by atoms with Crippen LogP contribution in [0.3, 0.4) is 0 Å². The Balaban J connectivity index is 1.94. The molecule has 1 atom stereocenters. The summed E-state index contributed by atoms with van der Waals surface area (Å²) in [5.41, 5.74) is 1.94. The second-order valence-electron chi connectivity index (χ2n) is 5.57. The Labute approximate surface area is 150 Å². The number of hydrogen-bond acceptors (Lipinski definition) is 5. The van der Waals surface area contributed by atoms with Crippen molar-refractivity contribution in [2.24, 2.45) is 0 Å². The van der Waals surface area contributed by atoms with Crippen molar-refractivity contribution in [1.82, 2.24) is 0 Å². The number of aryl methyl sites for hydroxylation is 1. The molecular formula is C19H18N2O5. The van der Waals surface area contributed by atoms with Crippen molar-refractivity contribution >= 4 is 29.3 Å². The van der Waals surface area contributed by atoms with E-state index in [4.69, 9.17) is 4.74 Å². The van der Waals surface area contributed by atoms with Crippen LogP contribution in [0.25, 0.3) is 6.08 Å². The van der Waals surface area contributed by atoms with Crippen LogP contribution in [-0.4, -0.2) is 22.9 Å². The van der Waals surface area contributed by atoms with Gasteiger partial charge in [-0.25, -0.2) is 4.79 Å². The number of carbonyl (C=O) groups is 2. The Morgan fingerprint density at radius 3 is 2.62 bits per heavy atom. The Bertz CT molecular complexity index is 861. The topological polar surface area (TPSA) is 98.5 Å². The van der Waals surface area contributed by atoms with Gasteiger partial charge in [-0.15, -0.1) is 0 Å². The molecule has 0 aliphatic rings. The van der Waals surface area contributed by atoms with Crippen molar-refractivity contribution in [3.8, 4) is 0 Å². The molecule has 2 rings (SSSR count). The minimum Gasteiger partial charge on any atom is -0.449 e. The molecule has 0 aliphatic heterocycles. The van der Waals surface area contributed by atoms with E-state index in [1.54, 1.807) is 18.2 Å². The molecule has 134 valence electrons. The maximum atomic E-state index is 12.1. The highest BCUT2D eigenvalue weighted by Crippen LogP contribution is 2.15. The molecule has 0 radical (unpaired) electrons. The third-order valence-corrected chi connectivity index (χ3v) is 3.56. The lowest BCUT2D eigenvalue weighted by Crippen LogP contribution is -2.29. The Hall–Kier alpha value is -3.48. The van der Waals surface area contributed by atoms with E-state index in [-0.39, 0.29) is 5.69 Å². The number of carbonyl (C=O) groups excluding carboxylic acids is 2. The van der Waals surface area contributed by atoms with E-state index in [9.17, 15) is 19.7 Å². The van der Waals surface area contributed by atoms with Crippen molar-refractivity contribution < 1.29 is 19.2 Å². The third kappa shape index (κ3) is 5.27. The number of hydrogen-bond donors (Lipinski definition) is 1. The SMILES string of the molecule is Cc1ccccc1NC(=O)[C@@H](C)OC(=O)/C=C/c1cccc([N+](=O)[O-])c1. The first-order chi connectivity index (χ1) is 12.4. The van der Waals surface area contributed by atoms with Gasteiger partial charge in [-0.2, -0.15) is 0 Å².